The summed E-state index contributed by atoms with van der Waals surface area (Å²) in [6.07, 6.45) is 5.56. The van der Waals surface area contributed by atoms with E-state index in [1.807, 2.05) is 7.11 Å². The van der Waals surface area contributed by atoms with Gasteiger partial charge in [0.1, 0.15) is 0 Å². The summed E-state index contributed by atoms with van der Waals surface area (Å²) in [6.45, 7) is 3.43. The van der Waals surface area contributed by atoms with Crippen LogP contribution in [0.2, 0.25) is 0 Å². The molecule has 2 nitrogen and oxygen atoms in total. The molecule has 0 bridgehead atoms. The molecule has 1 saturated heterocycles. The molecular weight excluding hydrogens is 150 g/mol. The summed E-state index contributed by atoms with van der Waals surface area (Å²) >= 11 is 0. The Morgan fingerprint density at radius 2 is 2.33 bits per heavy atom. The Morgan fingerprint density at radius 3 is 2.83 bits per heavy atom. The number of hydrogen-bond acceptors (Lipinski definition) is 2. The van der Waals surface area contributed by atoms with Crippen molar-refractivity contribution in [3.63, 3.8) is 0 Å². The fourth-order valence-corrected chi connectivity index (χ4v) is 2.49. The minimum atomic E-state index is 0.585. The van der Waals surface area contributed by atoms with E-state index in [0.717, 1.165) is 12.5 Å². The van der Waals surface area contributed by atoms with E-state index in [1.165, 1.54) is 38.8 Å². The summed E-state index contributed by atoms with van der Waals surface area (Å²) in [6, 6.07) is 0. The quantitative estimate of drug-likeness (QED) is 0.689. The summed E-state index contributed by atoms with van der Waals surface area (Å²) in [5.41, 5.74) is 0.585. The zero-order valence-electron chi connectivity index (χ0n) is 7.94. The van der Waals surface area contributed by atoms with Crippen molar-refractivity contribution in [1.82, 2.24) is 5.32 Å². The Balaban J connectivity index is 1.88. The van der Waals surface area contributed by atoms with Gasteiger partial charge in [-0.3, -0.25) is 0 Å². The van der Waals surface area contributed by atoms with Crippen molar-refractivity contribution < 1.29 is 4.74 Å². The molecule has 1 unspecified atom stereocenters. The van der Waals surface area contributed by atoms with Gasteiger partial charge in [0.05, 0.1) is 6.61 Å². The lowest BCUT2D eigenvalue weighted by molar-refractivity contribution is 0.0934. The molecule has 2 aliphatic rings. The largest absolute Gasteiger partial charge is 0.384 e. The van der Waals surface area contributed by atoms with Crippen molar-refractivity contribution >= 4 is 0 Å². The molecule has 0 aromatic rings. The molecule has 2 fully saturated rings. The van der Waals surface area contributed by atoms with E-state index >= 15 is 0 Å². The highest BCUT2D eigenvalue weighted by Crippen LogP contribution is 2.53. The molecule has 0 aromatic heterocycles. The van der Waals surface area contributed by atoms with Crippen LogP contribution in [0.5, 0.6) is 0 Å². The van der Waals surface area contributed by atoms with E-state index in [1.54, 1.807) is 0 Å². The molecule has 1 saturated carbocycles. The third kappa shape index (κ3) is 1.50. The van der Waals surface area contributed by atoms with Crippen molar-refractivity contribution in [3.05, 3.63) is 0 Å². The van der Waals surface area contributed by atoms with Crippen LogP contribution in [-0.4, -0.2) is 26.8 Å². The van der Waals surface area contributed by atoms with Crippen molar-refractivity contribution in [2.75, 3.05) is 26.8 Å². The van der Waals surface area contributed by atoms with Crippen LogP contribution in [0.3, 0.4) is 0 Å². The number of rotatable bonds is 3. The second-order valence-corrected chi connectivity index (χ2v) is 4.34. The maximum Gasteiger partial charge on any atom is 0.0521 e. The number of methoxy groups -OCH3 is 1. The molecule has 0 aromatic carbocycles. The van der Waals surface area contributed by atoms with Crippen LogP contribution in [-0.2, 0) is 4.74 Å². The van der Waals surface area contributed by atoms with E-state index in [9.17, 15) is 0 Å². The molecule has 1 aliphatic carbocycles. The zero-order valence-corrected chi connectivity index (χ0v) is 7.94. The smallest absolute Gasteiger partial charge is 0.0521 e. The van der Waals surface area contributed by atoms with E-state index < -0.39 is 0 Å². The highest BCUT2D eigenvalue weighted by molar-refractivity contribution is 4.99. The molecule has 1 N–H and O–H groups in total. The van der Waals surface area contributed by atoms with E-state index in [-0.39, 0.29) is 0 Å². The van der Waals surface area contributed by atoms with Gasteiger partial charge in [-0.15, -0.1) is 0 Å². The number of nitrogens with one attached hydrogen (secondary N) is 1. The molecule has 70 valence electrons. The SMILES string of the molecule is COCC1(C2CCCNC2)CC1. The lowest BCUT2D eigenvalue weighted by atomic mass is 9.84. The van der Waals surface area contributed by atoms with Gasteiger partial charge in [-0.1, -0.05) is 0 Å². The summed E-state index contributed by atoms with van der Waals surface area (Å²) in [5.74, 6) is 0.895. The Hall–Kier alpha value is -0.0800. The van der Waals surface area contributed by atoms with Gasteiger partial charge in [-0.25, -0.2) is 0 Å². The van der Waals surface area contributed by atoms with Gasteiger partial charge in [-0.05, 0) is 50.1 Å². The van der Waals surface area contributed by atoms with Crippen LogP contribution in [0.1, 0.15) is 25.7 Å². The maximum absolute atomic E-state index is 5.29. The second kappa shape index (κ2) is 3.35. The Morgan fingerprint density at radius 1 is 1.50 bits per heavy atom. The van der Waals surface area contributed by atoms with Crippen molar-refractivity contribution in [1.29, 1.82) is 0 Å². The van der Waals surface area contributed by atoms with Gasteiger partial charge < -0.3 is 10.1 Å². The van der Waals surface area contributed by atoms with Crippen LogP contribution in [0.15, 0.2) is 0 Å². The Bertz CT molecular complexity index is 148. The Kier molecular flexibility index (Phi) is 2.37. The van der Waals surface area contributed by atoms with Gasteiger partial charge in [0.15, 0.2) is 0 Å². The van der Waals surface area contributed by atoms with E-state index in [2.05, 4.69) is 5.32 Å². The van der Waals surface area contributed by atoms with E-state index in [0.29, 0.717) is 5.41 Å². The predicted octanol–water partition coefficient (Wildman–Crippen LogP) is 1.41. The molecule has 0 radical (unpaired) electrons. The van der Waals surface area contributed by atoms with Gasteiger partial charge in [0, 0.05) is 7.11 Å². The molecular formula is C10H19NO. The fourth-order valence-electron chi connectivity index (χ4n) is 2.49. The molecule has 2 heteroatoms. The standard InChI is InChI=1S/C10H19NO/c1-12-8-10(4-5-10)9-3-2-6-11-7-9/h9,11H,2-8H2,1H3. The first-order valence-electron chi connectivity index (χ1n) is 5.07. The molecule has 0 spiro atoms. The summed E-state index contributed by atoms with van der Waals surface area (Å²) in [5, 5.41) is 3.48. The monoisotopic (exact) mass is 169 g/mol. The number of ether oxygens (including phenoxy) is 1. The number of hydrogen-bond donors (Lipinski definition) is 1. The molecule has 0 amide bonds. The predicted molar refractivity (Wildman–Crippen MR) is 49.1 cm³/mol. The van der Waals surface area contributed by atoms with Crippen LogP contribution in [0.4, 0.5) is 0 Å². The highest BCUT2D eigenvalue weighted by Gasteiger charge is 2.48. The minimum Gasteiger partial charge on any atom is -0.384 e. The maximum atomic E-state index is 5.29. The second-order valence-electron chi connectivity index (χ2n) is 4.34. The number of piperidine rings is 1. The minimum absolute atomic E-state index is 0.585. The van der Waals surface area contributed by atoms with Crippen molar-refractivity contribution in [3.8, 4) is 0 Å². The van der Waals surface area contributed by atoms with Gasteiger partial charge in [0.25, 0.3) is 0 Å². The molecule has 12 heavy (non-hydrogen) atoms. The van der Waals surface area contributed by atoms with Crippen molar-refractivity contribution in [2.45, 2.75) is 25.7 Å². The van der Waals surface area contributed by atoms with Crippen LogP contribution < -0.4 is 5.32 Å². The first kappa shape index (κ1) is 8.52. The molecule has 1 heterocycles. The van der Waals surface area contributed by atoms with Crippen LogP contribution in [0.25, 0.3) is 0 Å². The zero-order chi connectivity index (χ0) is 8.44. The first-order valence-corrected chi connectivity index (χ1v) is 5.07. The third-order valence-corrected chi connectivity index (χ3v) is 3.49. The highest BCUT2D eigenvalue weighted by atomic mass is 16.5. The Labute approximate surface area is 74.7 Å². The van der Waals surface area contributed by atoms with Gasteiger partial charge in [-0.2, -0.15) is 0 Å². The summed E-state index contributed by atoms with van der Waals surface area (Å²) < 4.78 is 5.29. The van der Waals surface area contributed by atoms with Crippen LogP contribution in [0, 0.1) is 11.3 Å². The topological polar surface area (TPSA) is 21.3 Å². The average molecular weight is 169 g/mol. The average Bonchev–Trinajstić information content (AvgIpc) is 2.88. The van der Waals surface area contributed by atoms with Crippen molar-refractivity contribution in [2.24, 2.45) is 11.3 Å². The lowest BCUT2D eigenvalue weighted by Crippen LogP contribution is -2.36. The summed E-state index contributed by atoms with van der Waals surface area (Å²) in [4.78, 5) is 0. The summed E-state index contributed by atoms with van der Waals surface area (Å²) in [7, 11) is 1.83. The molecule has 1 atom stereocenters. The third-order valence-electron chi connectivity index (χ3n) is 3.49. The van der Waals surface area contributed by atoms with Crippen LogP contribution >= 0.6 is 0 Å². The van der Waals surface area contributed by atoms with Gasteiger partial charge >= 0.3 is 0 Å². The molecule has 1 aliphatic heterocycles. The fraction of sp³-hybridized carbons (Fsp3) is 1.00. The lowest BCUT2D eigenvalue weighted by Gasteiger charge is -2.30. The first-order chi connectivity index (χ1) is 5.87. The normalized spacial score (nSPS) is 33.2. The molecule has 2 rings (SSSR count). The van der Waals surface area contributed by atoms with Gasteiger partial charge in [0.2, 0.25) is 0 Å². The van der Waals surface area contributed by atoms with E-state index in [4.69, 9.17) is 4.74 Å².